The van der Waals surface area contributed by atoms with E-state index in [9.17, 15) is 4.39 Å². The van der Waals surface area contributed by atoms with Gasteiger partial charge in [0.2, 0.25) is 5.95 Å². The maximum absolute atomic E-state index is 13.8. The zero-order valence-electron chi connectivity index (χ0n) is 16.2. The monoisotopic (exact) mass is 389 g/mol. The number of aromatic nitrogens is 2. The standard InChI is InChI=1S/C23H24FN5/c24-20-10-4-5-11-21(20)26-23-25-13-12-22(27-23)29-17-15-28(16-18-29)14-6-9-19-7-2-1-3-8-19/h1-13H,14-18H2,(H,25,26,27)/b9-6+. The van der Waals surface area contributed by atoms with Crippen LogP contribution in [0.5, 0.6) is 0 Å². The summed E-state index contributed by atoms with van der Waals surface area (Å²) < 4.78 is 13.8. The van der Waals surface area contributed by atoms with Crippen molar-refractivity contribution in [3.63, 3.8) is 0 Å². The molecule has 1 aliphatic heterocycles. The van der Waals surface area contributed by atoms with Gasteiger partial charge < -0.3 is 10.2 Å². The minimum Gasteiger partial charge on any atom is -0.354 e. The molecular weight excluding hydrogens is 365 g/mol. The number of hydrogen-bond donors (Lipinski definition) is 1. The van der Waals surface area contributed by atoms with Gasteiger partial charge in [0.15, 0.2) is 0 Å². The Labute approximate surface area is 170 Å². The lowest BCUT2D eigenvalue weighted by Crippen LogP contribution is -2.46. The van der Waals surface area contributed by atoms with E-state index in [-0.39, 0.29) is 5.82 Å². The van der Waals surface area contributed by atoms with Crippen molar-refractivity contribution in [3.05, 3.63) is 84.3 Å². The second-order valence-corrected chi connectivity index (χ2v) is 6.94. The molecule has 0 spiro atoms. The van der Waals surface area contributed by atoms with Crippen LogP contribution >= 0.6 is 0 Å². The van der Waals surface area contributed by atoms with Crippen LogP contribution in [0.1, 0.15) is 5.56 Å². The quantitative estimate of drug-likeness (QED) is 0.685. The van der Waals surface area contributed by atoms with Gasteiger partial charge in [-0.2, -0.15) is 4.98 Å². The Kier molecular flexibility index (Phi) is 6.12. The molecule has 0 bridgehead atoms. The van der Waals surface area contributed by atoms with E-state index in [0.29, 0.717) is 11.6 Å². The third-order valence-electron chi connectivity index (χ3n) is 4.93. The Hall–Kier alpha value is -3.25. The molecule has 0 radical (unpaired) electrons. The summed E-state index contributed by atoms with van der Waals surface area (Å²) in [6, 6.07) is 18.8. The number of hydrogen-bond acceptors (Lipinski definition) is 5. The molecule has 1 N–H and O–H groups in total. The Balaban J connectivity index is 1.32. The molecule has 0 saturated carbocycles. The minimum absolute atomic E-state index is 0.321. The van der Waals surface area contributed by atoms with Crippen LogP contribution in [-0.2, 0) is 0 Å². The van der Waals surface area contributed by atoms with Crippen molar-refractivity contribution in [2.75, 3.05) is 42.9 Å². The fourth-order valence-corrected chi connectivity index (χ4v) is 3.33. The predicted octanol–water partition coefficient (Wildman–Crippen LogP) is 4.19. The second kappa shape index (κ2) is 9.30. The summed E-state index contributed by atoms with van der Waals surface area (Å²) in [5, 5.41) is 2.96. The van der Waals surface area contributed by atoms with Gasteiger partial charge in [-0.15, -0.1) is 0 Å². The molecule has 1 saturated heterocycles. The number of benzene rings is 2. The highest BCUT2D eigenvalue weighted by Gasteiger charge is 2.17. The third-order valence-corrected chi connectivity index (χ3v) is 4.93. The topological polar surface area (TPSA) is 44.3 Å². The lowest BCUT2D eigenvalue weighted by Gasteiger charge is -2.34. The first-order chi connectivity index (χ1) is 14.3. The van der Waals surface area contributed by atoms with Gasteiger partial charge in [0, 0.05) is 38.9 Å². The normalized spacial score (nSPS) is 15.0. The first kappa shape index (κ1) is 19.1. The predicted molar refractivity (Wildman–Crippen MR) is 116 cm³/mol. The van der Waals surface area contributed by atoms with Gasteiger partial charge in [0.25, 0.3) is 0 Å². The van der Waals surface area contributed by atoms with Crippen molar-refractivity contribution in [3.8, 4) is 0 Å². The van der Waals surface area contributed by atoms with Gasteiger partial charge in [0.05, 0.1) is 5.69 Å². The molecule has 1 fully saturated rings. The van der Waals surface area contributed by atoms with Gasteiger partial charge in [-0.05, 0) is 23.8 Å². The van der Waals surface area contributed by atoms with Gasteiger partial charge >= 0.3 is 0 Å². The smallest absolute Gasteiger partial charge is 0.229 e. The maximum Gasteiger partial charge on any atom is 0.229 e. The van der Waals surface area contributed by atoms with E-state index in [2.05, 4.69) is 61.5 Å². The van der Waals surface area contributed by atoms with Crippen LogP contribution in [0, 0.1) is 5.82 Å². The molecule has 6 heteroatoms. The van der Waals surface area contributed by atoms with E-state index in [1.54, 1.807) is 24.4 Å². The average molecular weight is 389 g/mol. The van der Waals surface area contributed by atoms with Crippen molar-refractivity contribution >= 4 is 23.5 Å². The van der Waals surface area contributed by atoms with Crippen molar-refractivity contribution in [2.24, 2.45) is 0 Å². The molecule has 0 atom stereocenters. The molecule has 5 nitrogen and oxygen atoms in total. The van der Waals surface area contributed by atoms with Crippen LogP contribution in [0.2, 0.25) is 0 Å². The highest BCUT2D eigenvalue weighted by Crippen LogP contribution is 2.19. The van der Waals surface area contributed by atoms with Crippen LogP contribution in [0.4, 0.5) is 21.8 Å². The molecule has 0 amide bonds. The van der Waals surface area contributed by atoms with Crippen LogP contribution < -0.4 is 10.2 Å². The number of nitrogens with zero attached hydrogens (tertiary/aromatic N) is 4. The maximum atomic E-state index is 13.8. The molecule has 1 aliphatic rings. The highest BCUT2D eigenvalue weighted by molar-refractivity contribution is 5.55. The molecule has 2 heterocycles. The molecule has 3 aromatic rings. The highest BCUT2D eigenvalue weighted by atomic mass is 19.1. The number of rotatable bonds is 6. The van der Waals surface area contributed by atoms with E-state index in [1.807, 2.05) is 12.1 Å². The molecule has 0 unspecified atom stereocenters. The Bertz CT molecular complexity index is 952. The molecule has 0 aliphatic carbocycles. The first-order valence-corrected chi connectivity index (χ1v) is 9.81. The van der Waals surface area contributed by atoms with Gasteiger partial charge in [-0.25, -0.2) is 9.37 Å². The summed E-state index contributed by atoms with van der Waals surface area (Å²) in [6.07, 6.45) is 6.09. The fraction of sp³-hybridized carbons (Fsp3) is 0.217. The molecule has 4 rings (SSSR count). The lowest BCUT2D eigenvalue weighted by molar-refractivity contribution is 0.283. The average Bonchev–Trinajstić information content (AvgIpc) is 2.77. The molecule has 1 aromatic heterocycles. The van der Waals surface area contributed by atoms with E-state index in [4.69, 9.17) is 0 Å². The number of para-hydroxylation sites is 1. The third kappa shape index (κ3) is 5.18. The summed E-state index contributed by atoms with van der Waals surface area (Å²) >= 11 is 0. The van der Waals surface area contributed by atoms with Crippen LogP contribution in [-0.4, -0.2) is 47.6 Å². The van der Waals surface area contributed by atoms with E-state index in [0.717, 1.165) is 38.5 Å². The van der Waals surface area contributed by atoms with E-state index >= 15 is 0 Å². The lowest BCUT2D eigenvalue weighted by atomic mass is 10.2. The van der Waals surface area contributed by atoms with Crippen molar-refractivity contribution in [1.29, 1.82) is 0 Å². The van der Waals surface area contributed by atoms with Crippen molar-refractivity contribution < 1.29 is 4.39 Å². The van der Waals surface area contributed by atoms with E-state index in [1.165, 1.54) is 11.6 Å². The van der Waals surface area contributed by atoms with Crippen LogP contribution in [0.25, 0.3) is 6.08 Å². The molecular formula is C23H24FN5. The van der Waals surface area contributed by atoms with Crippen molar-refractivity contribution in [1.82, 2.24) is 14.9 Å². The summed E-state index contributed by atoms with van der Waals surface area (Å²) in [5.74, 6) is 0.942. The Morgan fingerprint density at radius 1 is 0.931 bits per heavy atom. The molecule has 2 aromatic carbocycles. The minimum atomic E-state index is -0.321. The van der Waals surface area contributed by atoms with Gasteiger partial charge in [0.1, 0.15) is 11.6 Å². The molecule has 29 heavy (non-hydrogen) atoms. The van der Waals surface area contributed by atoms with Crippen LogP contribution in [0.15, 0.2) is 72.9 Å². The zero-order chi connectivity index (χ0) is 19.9. The molecule has 148 valence electrons. The van der Waals surface area contributed by atoms with E-state index < -0.39 is 0 Å². The van der Waals surface area contributed by atoms with Crippen LogP contribution in [0.3, 0.4) is 0 Å². The first-order valence-electron chi connectivity index (χ1n) is 9.81. The Morgan fingerprint density at radius 3 is 2.48 bits per heavy atom. The Morgan fingerprint density at radius 2 is 1.69 bits per heavy atom. The number of nitrogens with one attached hydrogen (secondary N) is 1. The summed E-state index contributed by atoms with van der Waals surface area (Å²) in [4.78, 5) is 13.5. The zero-order valence-corrected chi connectivity index (χ0v) is 16.2. The SMILES string of the molecule is Fc1ccccc1Nc1nccc(N2CCN(C/C=C/c3ccccc3)CC2)n1. The summed E-state index contributed by atoms with van der Waals surface area (Å²) in [7, 11) is 0. The van der Waals surface area contributed by atoms with Crippen molar-refractivity contribution in [2.45, 2.75) is 0 Å². The fourth-order valence-electron chi connectivity index (χ4n) is 3.33. The number of halogens is 1. The van der Waals surface area contributed by atoms with Gasteiger partial charge in [-0.3, -0.25) is 4.90 Å². The summed E-state index contributed by atoms with van der Waals surface area (Å²) in [5.41, 5.74) is 1.60. The number of piperazine rings is 1. The van der Waals surface area contributed by atoms with Gasteiger partial charge in [-0.1, -0.05) is 54.6 Å². The second-order valence-electron chi connectivity index (χ2n) is 6.94. The number of anilines is 3. The summed E-state index contributed by atoms with van der Waals surface area (Å²) in [6.45, 7) is 4.68. The largest absolute Gasteiger partial charge is 0.354 e.